The summed E-state index contributed by atoms with van der Waals surface area (Å²) in [6.45, 7) is 1.36. The number of carbonyl (C=O) groups is 1. The summed E-state index contributed by atoms with van der Waals surface area (Å²) in [4.78, 5) is 11.3. The van der Waals surface area contributed by atoms with Crippen LogP contribution >= 0.6 is 23.2 Å². The molecule has 0 aliphatic carbocycles. The van der Waals surface area contributed by atoms with Crippen molar-refractivity contribution in [1.29, 1.82) is 15.8 Å². The molecule has 98 valence electrons. The molecule has 1 rings (SSSR count). The van der Waals surface area contributed by atoms with Crippen LogP contribution in [-0.4, -0.2) is 5.78 Å². The number of Topliss-reactive ketones (excluding diaryl/α,β-unsaturated/α-hetero) is 1. The molecule has 0 aliphatic rings. The number of anilines is 1. The van der Waals surface area contributed by atoms with Crippen molar-refractivity contribution in [2.24, 2.45) is 0 Å². The molecular weight excluding hydrogens is 299 g/mol. The zero-order valence-electron chi connectivity index (χ0n) is 10.2. The van der Waals surface area contributed by atoms with Gasteiger partial charge in [0, 0.05) is 5.56 Å². The van der Waals surface area contributed by atoms with Crippen molar-refractivity contribution < 1.29 is 4.79 Å². The maximum Gasteiger partial charge on any atom is 0.163 e. The summed E-state index contributed by atoms with van der Waals surface area (Å²) in [5, 5.41) is 29.1. The predicted octanol–water partition coefficient (Wildman–Crippen LogP) is 3.43. The van der Waals surface area contributed by atoms with Crippen molar-refractivity contribution in [1.82, 2.24) is 0 Å². The van der Waals surface area contributed by atoms with Crippen molar-refractivity contribution in [3.63, 3.8) is 0 Å². The molecule has 0 radical (unpaired) electrons. The van der Waals surface area contributed by atoms with E-state index in [9.17, 15) is 4.79 Å². The summed E-state index contributed by atoms with van der Waals surface area (Å²) in [5.74, 6) is -0.217. The van der Waals surface area contributed by atoms with Gasteiger partial charge < -0.3 is 5.32 Å². The second kappa shape index (κ2) is 6.59. The largest absolute Gasteiger partial charge is 0.343 e. The van der Waals surface area contributed by atoms with Gasteiger partial charge in [-0.3, -0.25) is 4.79 Å². The zero-order chi connectivity index (χ0) is 15.3. The highest BCUT2D eigenvalue weighted by Gasteiger charge is 2.14. The van der Waals surface area contributed by atoms with Crippen LogP contribution in [0.5, 0.6) is 0 Å². The van der Waals surface area contributed by atoms with Crippen LogP contribution in [0.15, 0.2) is 23.4 Å². The van der Waals surface area contributed by atoms with Crippen LogP contribution in [0.2, 0.25) is 10.0 Å². The van der Waals surface area contributed by atoms with Crippen LogP contribution in [0.4, 0.5) is 5.69 Å². The molecule has 1 aromatic carbocycles. The minimum Gasteiger partial charge on any atom is -0.343 e. The standard InChI is InChI=1S/C13H6Cl2N4O/c1-7(20)8-2-10(14)13(11(15)3-8)19-12(6-18)9(4-16)5-17/h2-3,19H,1H3. The quantitative estimate of drug-likeness (QED) is 0.681. The lowest BCUT2D eigenvalue weighted by atomic mass is 10.1. The highest BCUT2D eigenvalue weighted by molar-refractivity contribution is 6.39. The lowest BCUT2D eigenvalue weighted by Gasteiger charge is -2.10. The van der Waals surface area contributed by atoms with E-state index >= 15 is 0 Å². The van der Waals surface area contributed by atoms with Gasteiger partial charge in [-0.05, 0) is 19.1 Å². The van der Waals surface area contributed by atoms with E-state index in [1.807, 2.05) is 0 Å². The summed E-state index contributed by atoms with van der Waals surface area (Å²) in [5.41, 5.74) is -0.198. The number of rotatable bonds is 3. The van der Waals surface area contributed by atoms with Crippen molar-refractivity contribution in [2.75, 3.05) is 5.32 Å². The van der Waals surface area contributed by atoms with Crippen LogP contribution in [-0.2, 0) is 0 Å². The molecule has 1 aromatic rings. The smallest absolute Gasteiger partial charge is 0.163 e. The first-order chi connectivity index (χ1) is 9.44. The fraction of sp³-hybridized carbons (Fsp3) is 0.0769. The van der Waals surface area contributed by atoms with Gasteiger partial charge in [-0.2, -0.15) is 15.8 Å². The van der Waals surface area contributed by atoms with Crippen molar-refractivity contribution in [2.45, 2.75) is 6.92 Å². The zero-order valence-corrected chi connectivity index (χ0v) is 11.7. The molecule has 0 unspecified atom stereocenters. The third-order valence-electron chi connectivity index (χ3n) is 2.28. The second-order valence-corrected chi connectivity index (χ2v) is 4.40. The molecule has 0 aliphatic heterocycles. The molecule has 0 atom stereocenters. The fourth-order valence-electron chi connectivity index (χ4n) is 1.30. The molecular formula is C13H6Cl2N4O. The topological polar surface area (TPSA) is 100 Å². The minimum atomic E-state index is -0.393. The molecule has 0 saturated carbocycles. The lowest BCUT2D eigenvalue weighted by molar-refractivity contribution is 0.101. The van der Waals surface area contributed by atoms with E-state index in [1.54, 1.807) is 18.2 Å². The Morgan fingerprint density at radius 1 is 1.10 bits per heavy atom. The first-order valence-electron chi connectivity index (χ1n) is 5.16. The molecule has 0 spiro atoms. The molecule has 0 heterocycles. The number of ketones is 1. The SMILES string of the molecule is CC(=O)c1cc(Cl)c(NC(C#N)=C(C#N)C#N)c(Cl)c1. The Morgan fingerprint density at radius 2 is 1.60 bits per heavy atom. The van der Waals surface area contributed by atoms with Crippen molar-refractivity contribution >= 4 is 34.7 Å². The Bertz CT molecular complexity index is 693. The molecule has 0 fully saturated rings. The van der Waals surface area contributed by atoms with Gasteiger partial charge >= 0.3 is 0 Å². The molecule has 20 heavy (non-hydrogen) atoms. The third kappa shape index (κ3) is 3.28. The number of nitrogens with zero attached hydrogens (tertiary/aromatic N) is 3. The van der Waals surface area contributed by atoms with Crippen molar-refractivity contribution in [3.05, 3.63) is 39.0 Å². The van der Waals surface area contributed by atoms with E-state index in [0.717, 1.165) is 0 Å². The Morgan fingerprint density at radius 3 is 1.95 bits per heavy atom. The molecule has 7 heteroatoms. The first-order valence-corrected chi connectivity index (χ1v) is 5.91. The third-order valence-corrected chi connectivity index (χ3v) is 2.88. The average Bonchev–Trinajstić information content (AvgIpc) is 2.41. The number of hydrogen-bond donors (Lipinski definition) is 1. The normalized spacial score (nSPS) is 8.80. The highest BCUT2D eigenvalue weighted by atomic mass is 35.5. The number of carbonyl (C=O) groups excluding carboxylic acids is 1. The number of hydrogen-bond acceptors (Lipinski definition) is 5. The summed E-state index contributed by atoms with van der Waals surface area (Å²) >= 11 is 11.9. The first kappa shape index (κ1) is 15.5. The average molecular weight is 305 g/mol. The lowest BCUT2D eigenvalue weighted by Crippen LogP contribution is -2.03. The van der Waals surface area contributed by atoms with Crippen LogP contribution in [0.1, 0.15) is 17.3 Å². The number of nitrogens with one attached hydrogen (secondary N) is 1. The van der Waals surface area contributed by atoms with Gasteiger partial charge in [0.25, 0.3) is 0 Å². The number of nitriles is 3. The van der Waals surface area contributed by atoms with E-state index in [-0.39, 0.29) is 27.2 Å². The van der Waals surface area contributed by atoms with E-state index in [2.05, 4.69) is 5.32 Å². The molecule has 0 bridgehead atoms. The van der Waals surface area contributed by atoms with Gasteiger partial charge in [-0.1, -0.05) is 23.2 Å². The Hall–Kier alpha value is -2.52. The maximum atomic E-state index is 11.3. The monoisotopic (exact) mass is 304 g/mol. The molecule has 0 saturated heterocycles. The van der Waals surface area contributed by atoms with Crippen LogP contribution in [0, 0.1) is 34.0 Å². The van der Waals surface area contributed by atoms with Gasteiger partial charge in [0.1, 0.15) is 23.9 Å². The van der Waals surface area contributed by atoms with Crippen LogP contribution in [0.3, 0.4) is 0 Å². The Labute approximate surface area is 125 Å². The van der Waals surface area contributed by atoms with E-state index in [4.69, 9.17) is 39.0 Å². The molecule has 0 amide bonds. The summed E-state index contributed by atoms with van der Waals surface area (Å²) in [6, 6.07) is 7.61. The number of halogens is 2. The minimum absolute atomic E-state index is 0.102. The Balaban J connectivity index is 3.35. The van der Waals surface area contributed by atoms with Gasteiger partial charge in [0.05, 0.1) is 15.7 Å². The molecule has 5 nitrogen and oxygen atoms in total. The molecule has 1 N–H and O–H groups in total. The van der Waals surface area contributed by atoms with Crippen LogP contribution < -0.4 is 5.32 Å². The number of allylic oxidation sites excluding steroid dienone is 2. The number of benzene rings is 1. The summed E-state index contributed by atoms with van der Waals surface area (Å²) in [6.07, 6.45) is 0. The summed E-state index contributed by atoms with van der Waals surface area (Å²) < 4.78 is 0. The fourth-order valence-corrected chi connectivity index (χ4v) is 1.89. The maximum absolute atomic E-state index is 11.3. The van der Waals surface area contributed by atoms with Gasteiger partial charge in [-0.15, -0.1) is 0 Å². The predicted molar refractivity (Wildman–Crippen MR) is 74.0 cm³/mol. The Kier molecular flexibility index (Phi) is 5.12. The van der Waals surface area contributed by atoms with Crippen molar-refractivity contribution in [3.8, 4) is 18.2 Å². The van der Waals surface area contributed by atoms with E-state index in [1.165, 1.54) is 19.1 Å². The highest BCUT2D eigenvalue weighted by Crippen LogP contribution is 2.33. The van der Waals surface area contributed by atoms with Gasteiger partial charge in [0.2, 0.25) is 0 Å². The second-order valence-electron chi connectivity index (χ2n) is 3.58. The van der Waals surface area contributed by atoms with E-state index < -0.39 is 5.57 Å². The van der Waals surface area contributed by atoms with E-state index in [0.29, 0.717) is 5.56 Å². The molecule has 0 aromatic heterocycles. The van der Waals surface area contributed by atoms with Gasteiger partial charge in [-0.25, -0.2) is 0 Å². The summed E-state index contributed by atoms with van der Waals surface area (Å²) in [7, 11) is 0. The van der Waals surface area contributed by atoms with Crippen LogP contribution in [0.25, 0.3) is 0 Å². The van der Waals surface area contributed by atoms with Gasteiger partial charge in [0.15, 0.2) is 11.4 Å².